The van der Waals surface area contributed by atoms with E-state index in [9.17, 15) is 8.42 Å². The predicted octanol–water partition coefficient (Wildman–Crippen LogP) is 0.792. The molecule has 0 amide bonds. The number of nitrogens with one attached hydrogen (secondary N) is 1. The van der Waals surface area contributed by atoms with Crippen LogP contribution in [0.1, 0.15) is 5.82 Å². The topological polar surface area (TPSA) is 84.4 Å². The fourth-order valence-electron chi connectivity index (χ4n) is 2.28. The van der Waals surface area contributed by atoms with E-state index >= 15 is 0 Å². The average Bonchev–Trinajstić information content (AvgIpc) is 2.62. The molecule has 1 aliphatic heterocycles. The van der Waals surface area contributed by atoms with Crippen molar-refractivity contribution in [2.24, 2.45) is 0 Å². The molecule has 1 aromatic heterocycles. The number of morpholine rings is 1. The Morgan fingerprint density at radius 3 is 2.61 bits per heavy atom. The molecule has 2 aromatic rings. The zero-order chi connectivity index (χ0) is 16.1. The maximum absolute atomic E-state index is 12.2. The van der Waals surface area contributed by atoms with Crippen molar-refractivity contribution in [2.75, 3.05) is 31.2 Å². The summed E-state index contributed by atoms with van der Waals surface area (Å²) >= 11 is 0. The van der Waals surface area contributed by atoms with E-state index < -0.39 is 10.0 Å². The Labute approximate surface area is 135 Å². The lowest BCUT2D eigenvalue weighted by molar-refractivity contribution is 0.122. The van der Waals surface area contributed by atoms with Crippen LogP contribution >= 0.6 is 0 Å². The maximum atomic E-state index is 12.2. The van der Waals surface area contributed by atoms with Crippen molar-refractivity contribution in [3.8, 4) is 0 Å². The number of anilines is 1. The lowest BCUT2D eigenvalue weighted by Gasteiger charge is -2.27. The third kappa shape index (κ3) is 4.04. The second-order valence-electron chi connectivity index (χ2n) is 5.07. The van der Waals surface area contributed by atoms with Crippen molar-refractivity contribution >= 4 is 15.8 Å². The summed E-state index contributed by atoms with van der Waals surface area (Å²) < 4.78 is 32.2. The number of hydrogen-bond donors (Lipinski definition) is 1. The minimum absolute atomic E-state index is 0.0510. The maximum Gasteiger partial charge on any atom is 0.240 e. The molecule has 0 unspecified atom stereocenters. The van der Waals surface area contributed by atoms with Gasteiger partial charge in [-0.3, -0.25) is 0 Å². The van der Waals surface area contributed by atoms with Gasteiger partial charge in [0.2, 0.25) is 10.0 Å². The van der Waals surface area contributed by atoms with Crippen LogP contribution in [0.25, 0.3) is 0 Å². The summed E-state index contributed by atoms with van der Waals surface area (Å²) in [6.45, 7) is 2.92. The van der Waals surface area contributed by atoms with Crippen LogP contribution in [0.15, 0.2) is 47.5 Å². The largest absolute Gasteiger partial charge is 0.378 e. The Bertz CT molecular complexity index is 746. The normalized spacial score (nSPS) is 15.6. The summed E-state index contributed by atoms with van der Waals surface area (Å²) in [6.07, 6.45) is 1.64. The van der Waals surface area contributed by atoms with Crippen molar-refractivity contribution in [1.82, 2.24) is 14.7 Å². The van der Waals surface area contributed by atoms with Gasteiger partial charge in [-0.15, -0.1) is 0 Å². The SMILES string of the molecule is O=S(=O)(NCc1nccc(N2CCOCC2)n1)c1ccccc1. The molecule has 0 spiro atoms. The fraction of sp³-hybridized carbons (Fsp3) is 0.333. The molecule has 1 saturated heterocycles. The summed E-state index contributed by atoms with van der Waals surface area (Å²) in [6, 6.07) is 10.1. The summed E-state index contributed by atoms with van der Waals surface area (Å²) in [5.41, 5.74) is 0. The van der Waals surface area contributed by atoms with Crippen LogP contribution in [-0.2, 0) is 21.3 Å². The highest BCUT2D eigenvalue weighted by molar-refractivity contribution is 7.89. The van der Waals surface area contributed by atoms with E-state index in [0.29, 0.717) is 19.0 Å². The van der Waals surface area contributed by atoms with E-state index in [-0.39, 0.29) is 11.4 Å². The molecule has 3 rings (SSSR count). The standard InChI is InChI=1S/C15H18N4O3S/c20-23(21,13-4-2-1-3-5-13)17-12-14-16-7-6-15(18-14)19-8-10-22-11-9-19/h1-7,17H,8-12H2. The molecule has 0 atom stereocenters. The fourth-order valence-corrected chi connectivity index (χ4v) is 3.29. The van der Waals surface area contributed by atoms with Crippen LogP contribution in [0, 0.1) is 0 Å². The summed E-state index contributed by atoms with van der Waals surface area (Å²) in [5.74, 6) is 1.23. The van der Waals surface area contributed by atoms with E-state index in [1.807, 2.05) is 6.07 Å². The lowest BCUT2D eigenvalue weighted by Crippen LogP contribution is -2.37. The third-order valence-corrected chi connectivity index (χ3v) is 4.92. The molecule has 8 heteroatoms. The van der Waals surface area contributed by atoms with E-state index in [0.717, 1.165) is 18.9 Å². The summed E-state index contributed by atoms with van der Waals surface area (Å²) in [5, 5.41) is 0. The van der Waals surface area contributed by atoms with Gasteiger partial charge in [-0.05, 0) is 18.2 Å². The third-order valence-electron chi connectivity index (χ3n) is 3.50. The number of aromatic nitrogens is 2. The summed E-state index contributed by atoms with van der Waals surface area (Å²) in [7, 11) is -3.56. The van der Waals surface area contributed by atoms with Gasteiger partial charge in [0.25, 0.3) is 0 Å². The monoisotopic (exact) mass is 334 g/mol. The highest BCUT2D eigenvalue weighted by atomic mass is 32.2. The van der Waals surface area contributed by atoms with Gasteiger partial charge < -0.3 is 9.64 Å². The Balaban J connectivity index is 1.69. The molecule has 1 N–H and O–H groups in total. The van der Waals surface area contributed by atoms with Crippen molar-refractivity contribution in [1.29, 1.82) is 0 Å². The second-order valence-corrected chi connectivity index (χ2v) is 6.84. The number of rotatable bonds is 5. The first-order chi connectivity index (χ1) is 11.1. The zero-order valence-corrected chi connectivity index (χ0v) is 13.4. The second kappa shape index (κ2) is 7.03. The van der Waals surface area contributed by atoms with Gasteiger partial charge in [0.15, 0.2) is 0 Å². The van der Waals surface area contributed by atoms with E-state index in [1.54, 1.807) is 36.5 Å². The number of hydrogen-bond acceptors (Lipinski definition) is 6. The van der Waals surface area contributed by atoms with Gasteiger partial charge in [-0.25, -0.2) is 23.1 Å². The number of sulfonamides is 1. The first kappa shape index (κ1) is 15.9. The quantitative estimate of drug-likeness (QED) is 0.870. The molecule has 1 fully saturated rings. The molecule has 122 valence electrons. The Hall–Kier alpha value is -2.03. The molecule has 0 bridgehead atoms. The smallest absolute Gasteiger partial charge is 0.240 e. The molecule has 0 aliphatic carbocycles. The van der Waals surface area contributed by atoms with Crippen LogP contribution in [0.3, 0.4) is 0 Å². The van der Waals surface area contributed by atoms with Gasteiger partial charge in [-0.1, -0.05) is 18.2 Å². The minimum atomic E-state index is -3.56. The molecule has 2 heterocycles. The molecule has 0 saturated carbocycles. The Kier molecular flexibility index (Phi) is 4.85. The Morgan fingerprint density at radius 1 is 1.13 bits per heavy atom. The van der Waals surface area contributed by atoms with Crippen molar-refractivity contribution < 1.29 is 13.2 Å². The number of ether oxygens (including phenoxy) is 1. The van der Waals surface area contributed by atoms with Crippen LogP contribution < -0.4 is 9.62 Å². The lowest BCUT2D eigenvalue weighted by atomic mass is 10.4. The van der Waals surface area contributed by atoms with Gasteiger partial charge in [0.05, 0.1) is 24.7 Å². The van der Waals surface area contributed by atoms with Crippen LogP contribution in [0.4, 0.5) is 5.82 Å². The van der Waals surface area contributed by atoms with Gasteiger partial charge >= 0.3 is 0 Å². The van der Waals surface area contributed by atoms with Crippen molar-refractivity contribution in [3.05, 3.63) is 48.4 Å². The molecule has 1 aromatic carbocycles. The highest BCUT2D eigenvalue weighted by Gasteiger charge is 2.16. The van der Waals surface area contributed by atoms with Crippen molar-refractivity contribution in [2.45, 2.75) is 11.4 Å². The number of benzene rings is 1. The van der Waals surface area contributed by atoms with E-state index in [4.69, 9.17) is 4.74 Å². The van der Waals surface area contributed by atoms with Gasteiger partial charge in [0, 0.05) is 19.3 Å². The predicted molar refractivity (Wildman–Crippen MR) is 85.5 cm³/mol. The molecule has 0 radical (unpaired) electrons. The van der Waals surface area contributed by atoms with Crippen LogP contribution in [0.5, 0.6) is 0 Å². The first-order valence-electron chi connectivity index (χ1n) is 7.34. The van der Waals surface area contributed by atoms with Crippen LogP contribution in [0.2, 0.25) is 0 Å². The van der Waals surface area contributed by atoms with E-state index in [1.165, 1.54) is 0 Å². The van der Waals surface area contributed by atoms with Gasteiger partial charge in [0.1, 0.15) is 11.6 Å². The molecule has 7 nitrogen and oxygen atoms in total. The van der Waals surface area contributed by atoms with Crippen LogP contribution in [-0.4, -0.2) is 44.7 Å². The van der Waals surface area contributed by atoms with E-state index in [2.05, 4.69) is 19.6 Å². The van der Waals surface area contributed by atoms with Gasteiger partial charge in [-0.2, -0.15) is 0 Å². The highest BCUT2D eigenvalue weighted by Crippen LogP contribution is 2.12. The molecule has 1 aliphatic rings. The number of nitrogens with zero attached hydrogens (tertiary/aromatic N) is 3. The zero-order valence-electron chi connectivity index (χ0n) is 12.6. The minimum Gasteiger partial charge on any atom is -0.378 e. The molecule has 23 heavy (non-hydrogen) atoms. The first-order valence-corrected chi connectivity index (χ1v) is 8.83. The molecular formula is C15H18N4O3S. The van der Waals surface area contributed by atoms with Crippen molar-refractivity contribution in [3.63, 3.8) is 0 Å². The summed E-state index contributed by atoms with van der Waals surface area (Å²) in [4.78, 5) is 10.9. The Morgan fingerprint density at radius 2 is 1.87 bits per heavy atom. The average molecular weight is 334 g/mol. The molecular weight excluding hydrogens is 316 g/mol.